The average Bonchev–Trinajstić information content (AvgIpc) is 2.32. The van der Waals surface area contributed by atoms with Crippen molar-refractivity contribution in [2.24, 2.45) is 0 Å². The first-order valence-corrected chi connectivity index (χ1v) is 6.51. The molecule has 0 saturated carbocycles. The number of hydrogen-bond donors (Lipinski definition) is 2. The lowest BCUT2D eigenvalue weighted by Gasteiger charge is -2.23. The Bertz CT molecular complexity index is 442. The van der Waals surface area contributed by atoms with Crippen molar-refractivity contribution < 1.29 is 9.53 Å². The number of carbonyl (C=O) groups excluding carboxylic acids is 1. The van der Waals surface area contributed by atoms with E-state index in [1.807, 2.05) is 25.1 Å². The first-order chi connectivity index (χ1) is 8.84. The molecule has 4 nitrogen and oxygen atoms in total. The molecule has 0 heterocycles. The monoisotopic (exact) mass is 264 g/mol. The summed E-state index contributed by atoms with van der Waals surface area (Å²) in [6.07, 6.45) is 0.927. The lowest BCUT2D eigenvalue weighted by Crippen LogP contribution is -2.25. The third-order valence-electron chi connectivity index (χ3n) is 3.15. The number of ether oxygens (including phenoxy) is 1. The molecule has 106 valence electrons. The maximum Gasteiger partial charge on any atom is 0.221 e. The van der Waals surface area contributed by atoms with Crippen molar-refractivity contribution in [2.75, 3.05) is 24.3 Å². The Morgan fingerprint density at radius 1 is 1.37 bits per heavy atom. The lowest BCUT2D eigenvalue weighted by atomic mass is 10.1. The van der Waals surface area contributed by atoms with E-state index < -0.39 is 0 Å². The molecule has 2 N–H and O–H groups in total. The molecule has 0 aliphatic heterocycles. The molecule has 0 spiro atoms. The van der Waals surface area contributed by atoms with Gasteiger partial charge in [-0.25, -0.2) is 0 Å². The fourth-order valence-electron chi connectivity index (χ4n) is 1.71. The van der Waals surface area contributed by atoms with Crippen LogP contribution >= 0.6 is 0 Å². The molecule has 0 aliphatic rings. The summed E-state index contributed by atoms with van der Waals surface area (Å²) in [7, 11) is 1.73. The number of hydrogen-bond acceptors (Lipinski definition) is 3. The molecule has 0 fully saturated rings. The fraction of sp³-hybridized carbons (Fsp3) is 0.533. The standard InChI is InChI=1S/C15H24N2O2/c1-11-10-13(6-7-14(11)17-12(2)18)16-9-8-15(3,4)19-5/h6-7,10,16H,8-9H2,1-5H3,(H,17,18). The highest BCUT2D eigenvalue weighted by Gasteiger charge is 2.15. The number of amides is 1. The van der Waals surface area contributed by atoms with Crippen LogP contribution in [0.3, 0.4) is 0 Å². The molecule has 19 heavy (non-hydrogen) atoms. The van der Waals surface area contributed by atoms with Gasteiger partial charge in [-0.1, -0.05) is 0 Å². The van der Waals surface area contributed by atoms with Gasteiger partial charge in [0.2, 0.25) is 5.91 Å². The van der Waals surface area contributed by atoms with Crippen LogP contribution in [0.2, 0.25) is 0 Å². The van der Waals surface area contributed by atoms with E-state index in [-0.39, 0.29) is 11.5 Å². The van der Waals surface area contributed by atoms with Crippen LogP contribution in [0.5, 0.6) is 0 Å². The van der Waals surface area contributed by atoms with Gasteiger partial charge in [-0.3, -0.25) is 4.79 Å². The molecule has 0 bridgehead atoms. The smallest absolute Gasteiger partial charge is 0.221 e. The number of methoxy groups -OCH3 is 1. The highest BCUT2D eigenvalue weighted by Crippen LogP contribution is 2.20. The van der Waals surface area contributed by atoms with E-state index in [1.165, 1.54) is 6.92 Å². The molecule has 0 aliphatic carbocycles. The Morgan fingerprint density at radius 3 is 2.58 bits per heavy atom. The predicted molar refractivity (Wildman–Crippen MR) is 79.7 cm³/mol. The summed E-state index contributed by atoms with van der Waals surface area (Å²) >= 11 is 0. The lowest BCUT2D eigenvalue weighted by molar-refractivity contribution is -0.114. The molecule has 1 rings (SSSR count). The van der Waals surface area contributed by atoms with Crippen molar-refractivity contribution in [1.29, 1.82) is 0 Å². The Morgan fingerprint density at radius 2 is 2.05 bits per heavy atom. The Hall–Kier alpha value is -1.55. The third kappa shape index (κ3) is 5.30. The molecule has 0 radical (unpaired) electrons. The number of carbonyl (C=O) groups is 1. The van der Waals surface area contributed by atoms with Gasteiger partial charge in [0, 0.05) is 32.0 Å². The van der Waals surface area contributed by atoms with E-state index >= 15 is 0 Å². The van der Waals surface area contributed by atoms with Gasteiger partial charge in [-0.15, -0.1) is 0 Å². The summed E-state index contributed by atoms with van der Waals surface area (Å²) < 4.78 is 5.37. The predicted octanol–water partition coefficient (Wildman–Crippen LogP) is 3.18. The molecule has 0 atom stereocenters. The Balaban J connectivity index is 2.57. The van der Waals surface area contributed by atoms with Crippen LogP contribution in [-0.2, 0) is 9.53 Å². The summed E-state index contributed by atoms with van der Waals surface area (Å²) in [6, 6.07) is 5.92. The first-order valence-electron chi connectivity index (χ1n) is 6.51. The van der Waals surface area contributed by atoms with Crippen molar-refractivity contribution in [1.82, 2.24) is 0 Å². The van der Waals surface area contributed by atoms with Gasteiger partial charge in [0.05, 0.1) is 5.60 Å². The minimum Gasteiger partial charge on any atom is -0.385 e. The number of rotatable bonds is 6. The van der Waals surface area contributed by atoms with E-state index in [9.17, 15) is 4.79 Å². The average molecular weight is 264 g/mol. The van der Waals surface area contributed by atoms with Crippen LogP contribution in [0.4, 0.5) is 11.4 Å². The van der Waals surface area contributed by atoms with Crippen molar-refractivity contribution in [3.63, 3.8) is 0 Å². The summed E-state index contributed by atoms with van der Waals surface area (Å²) in [5.74, 6) is -0.0503. The maximum absolute atomic E-state index is 11.0. The summed E-state index contributed by atoms with van der Waals surface area (Å²) in [4.78, 5) is 11.0. The second-order valence-electron chi connectivity index (χ2n) is 5.35. The molecular weight excluding hydrogens is 240 g/mol. The van der Waals surface area contributed by atoms with Crippen molar-refractivity contribution in [2.45, 2.75) is 39.7 Å². The van der Waals surface area contributed by atoms with Crippen LogP contribution in [-0.4, -0.2) is 25.2 Å². The van der Waals surface area contributed by atoms with Gasteiger partial charge in [-0.05, 0) is 51.0 Å². The van der Waals surface area contributed by atoms with E-state index in [0.717, 1.165) is 29.9 Å². The first kappa shape index (κ1) is 15.5. The number of nitrogens with one attached hydrogen (secondary N) is 2. The van der Waals surface area contributed by atoms with E-state index in [2.05, 4.69) is 24.5 Å². The van der Waals surface area contributed by atoms with Crippen LogP contribution < -0.4 is 10.6 Å². The van der Waals surface area contributed by atoms with Gasteiger partial charge in [0.15, 0.2) is 0 Å². The van der Waals surface area contributed by atoms with Crippen molar-refractivity contribution in [3.05, 3.63) is 23.8 Å². The number of benzene rings is 1. The maximum atomic E-state index is 11.0. The van der Waals surface area contributed by atoms with E-state index in [0.29, 0.717) is 0 Å². The highest BCUT2D eigenvalue weighted by atomic mass is 16.5. The summed E-state index contributed by atoms with van der Waals surface area (Å²) in [5, 5.41) is 6.17. The van der Waals surface area contributed by atoms with E-state index in [4.69, 9.17) is 4.74 Å². The highest BCUT2D eigenvalue weighted by molar-refractivity contribution is 5.89. The van der Waals surface area contributed by atoms with Crippen molar-refractivity contribution in [3.8, 4) is 0 Å². The molecule has 1 aromatic carbocycles. The van der Waals surface area contributed by atoms with Crippen molar-refractivity contribution >= 4 is 17.3 Å². The Labute approximate surface area is 115 Å². The molecule has 1 amide bonds. The Kier molecular flexibility index (Phi) is 5.36. The zero-order valence-electron chi connectivity index (χ0n) is 12.5. The molecule has 0 aromatic heterocycles. The second-order valence-corrected chi connectivity index (χ2v) is 5.35. The van der Waals surface area contributed by atoms with Gasteiger partial charge in [0.25, 0.3) is 0 Å². The van der Waals surface area contributed by atoms with Gasteiger partial charge >= 0.3 is 0 Å². The van der Waals surface area contributed by atoms with Crippen LogP contribution in [0.1, 0.15) is 32.8 Å². The zero-order chi connectivity index (χ0) is 14.5. The van der Waals surface area contributed by atoms with Gasteiger partial charge < -0.3 is 15.4 Å². The summed E-state index contributed by atoms with van der Waals surface area (Å²) in [5.41, 5.74) is 2.85. The van der Waals surface area contributed by atoms with Gasteiger partial charge in [-0.2, -0.15) is 0 Å². The van der Waals surface area contributed by atoms with E-state index in [1.54, 1.807) is 7.11 Å². The fourth-order valence-corrected chi connectivity index (χ4v) is 1.71. The normalized spacial score (nSPS) is 11.2. The summed E-state index contributed by atoms with van der Waals surface area (Å²) in [6.45, 7) is 8.48. The molecule has 0 unspecified atom stereocenters. The van der Waals surface area contributed by atoms with Crippen LogP contribution in [0.15, 0.2) is 18.2 Å². The van der Waals surface area contributed by atoms with Crippen LogP contribution in [0, 0.1) is 6.92 Å². The second kappa shape index (κ2) is 6.57. The molecule has 4 heteroatoms. The molecular formula is C15H24N2O2. The quantitative estimate of drug-likeness (QED) is 0.829. The largest absolute Gasteiger partial charge is 0.385 e. The number of aryl methyl sites for hydroxylation is 1. The topological polar surface area (TPSA) is 50.4 Å². The zero-order valence-corrected chi connectivity index (χ0v) is 12.5. The van der Waals surface area contributed by atoms with Gasteiger partial charge in [0.1, 0.15) is 0 Å². The third-order valence-corrected chi connectivity index (χ3v) is 3.15. The SMILES string of the molecule is COC(C)(C)CCNc1ccc(NC(C)=O)c(C)c1. The minimum atomic E-state index is -0.113. The van der Waals surface area contributed by atoms with Crippen LogP contribution in [0.25, 0.3) is 0 Å². The molecule has 1 aromatic rings. The minimum absolute atomic E-state index is 0.0503. The number of anilines is 2. The molecule has 0 saturated heterocycles.